The number of imidazole rings is 1. The van der Waals surface area contributed by atoms with E-state index in [0.29, 0.717) is 11.4 Å². The van der Waals surface area contributed by atoms with E-state index in [9.17, 15) is 5.26 Å². The van der Waals surface area contributed by atoms with Gasteiger partial charge in [0.2, 0.25) is 0 Å². The largest absolute Gasteiger partial charge is 0.337 e. The molecule has 4 aromatic carbocycles. The predicted molar refractivity (Wildman–Crippen MR) is 116 cm³/mol. The van der Waals surface area contributed by atoms with Crippen molar-refractivity contribution < 1.29 is 0 Å². The number of nitriles is 1. The molecule has 0 unspecified atom stereocenters. The highest BCUT2D eigenvalue weighted by Crippen LogP contribution is 2.31. The molecule has 0 aliphatic rings. The molecular formula is C25H17N3. The highest BCUT2D eigenvalue weighted by atomic mass is 14.9. The van der Waals surface area contributed by atoms with Crippen LogP contribution < -0.4 is 0 Å². The standard InChI is InChI=1S/C25H17N3/c1-16-10-11-23-24(12-16)28-25(27-23)19(15-26)14-22-20-8-4-2-6-17(20)13-18-7-3-5-9-21(18)22/h2-14H,1H3,(H,27,28)/b19-14-. The van der Waals surface area contributed by atoms with Gasteiger partial charge in [0.1, 0.15) is 11.9 Å². The third kappa shape index (κ3) is 2.64. The summed E-state index contributed by atoms with van der Waals surface area (Å²) in [5.74, 6) is 0.597. The van der Waals surface area contributed by atoms with Gasteiger partial charge in [-0.15, -0.1) is 0 Å². The molecule has 1 aromatic heterocycles. The van der Waals surface area contributed by atoms with E-state index in [4.69, 9.17) is 0 Å². The molecule has 0 fully saturated rings. The van der Waals surface area contributed by atoms with E-state index in [1.165, 1.54) is 0 Å². The van der Waals surface area contributed by atoms with E-state index in [1.807, 2.05) is 55.5 Å². The van der Waals surface area contributed by atoms with Crippen LogP contribution in [0.4, 0.5) is 0 Å². The maximum absolute atomic E-state index is 9.89. The first-order valence-corrected chi connectivity index (χ1v) is 9.22. The molecule has 1 heterocycles. The zero-order valence-electron chi connectivity index (χ0n) is 15.4. The lowest BCUT2D eigenvalue weighted by molar-refractivity contribution is 1.27. The average Bonchev–Trinajstić information content (AvgIpc) is 3.14. The summed E-state index contributed by atoms with van der Waals surface area (Å²) in [7, 11) is 0. The van der Waals surface area contributed by atoms with Crippen LogP contribution in [0.15, 0.2) is 72.8 Å². The molecule has 0 aliphatic heterocycles. The smallest absolute Gasteiger partial charge is 0.149 e. The molecule has 3 heteroatoms. The summed E-state index contributed by atoms with van der Waals surface area (Å²) in [5, 5.41) is 14.5. The predicted octanol–water partition coefficient (Wildman–Crippen LogP) is 6.24. The second-order valence-electron chi connectivity index (χ2n) is 7.01. The SMILES string of the molecule is Cc1ccc2nc(/C(C#N)=C\c3c4ccccc4cc4ccccc34)[nH]c2c1. The van der Waals surface area contributed by atoms with Crippen molar-refractivity contribution in [3.63, 3.8) is 0 Å². The highest BCUT2D eigenvalue weighted by molar-refractivity contribution is 6.10. The summed E-state index contributed by atoms with van der Waals surface area (Å²) in [6.45, 7) is 2.04. The summed E-state index contributed by atoms with van der Waals surface area (Å²) in [5.41, 5.74) is 4.53. The quantitative estimate of drug-likeness (QED) is 0.299. The Bertz CT molecular complexity index is 1380. The van der Waals surface area contributed by atoms with Gasteiger partial charge in [-0.3, -0.25) is 0 Å². The molecule has 0 radical (unpaired) electrons. The van der Waals surface area contributed by atoms with Gasteiger partial charge < -0.3 is 4.98 Å². The Hall–Kier alpha value is -3.90. The number of H-pyrrole nitrogens is 1. The zero-order chi connectivity index (χ0) is 19.1. The molecule has 0 saturated carbocycles. The molecule has 28 heavy (non-hydrogen) atoms. The number of rotatable bonds is 2. The fourth-order valence-electron chi connectivity index (χ4n) is 3.75. The van der Waals surface area contributed by atoms with E-state index in [-0.39, 0.29) is 0 Å². The Morgan fingerprint density at radius 1 is 0.929 bits per heavy atom. The van der Waals surface area contributed by atoms with Crippen LogP contribution in [0.5, 0.6) is 0 Å². The first kappa shape index (κ1) is 16.3. The highest BCUT2D eigenvalue weighted by Gasteiger charge is 2.11. The normalized spacial score (nSPS) is 11.9. The van der Waals surface area contributed by atoms with Gasteiger partial charge in [0.15, 0.2) is 0 Å². The summed E-state index contributed by atoms with van der Waals surface area (Å²) in [6, 6.07) is 27.1. The Kier molecular flexibility index (Phi) is 3.70. The lowest BCUT2D eigenvalue weighted by atomic mass is 9.95. The van der Waals surface area contributed by atoms with Crippen LogP contribution >= 0.6 is 0 Å². The molecule has 0 atom stereocenters. The van der Waals surface area contributed by atoms with Gasteiger partial charge in [-0.2, -0.15) is 5.26 Å². The fourth-order valence-corrected chi connectivity index (χ4v) is 3.75. The van der Waals surface area contributed by atoms with Crippen molar-refractivity contribution in [2.75, 3.05) is 0 Å². The first-order chi connectivity index (χ1) is 13.7. The molecule has 1 N–H and O–H groups in total. The maximum Gasteiger partial charge on any atom is 0.149 e. The molecule has 0 amide bonds. The van der Waals surface area contributed by atoms with E-state index in [2.05, 4.69) is 46.4 Å². The van der Waals surface area contributed by atoms with Crippen LogP contribution in [0.25, 0.3) is 44.2 Å². The number of hydrogen-bond acceptors (Lipinski definition) is 2. The van der Waals surface area contributed by atoms with Gasteiger partial charge >= 0.3 is 0 Å². The average molecular weight is 359 g/mol. The van der Waals surface area contributed by atoms with Crippen LogP contribution in [0.1, 0.15) is 17.0 Å². The van der Waals surface area contributed by atoms with Crippen molar-refractivity contribution in [1.82, 2.24) is 9.97 Å². The zero-order valence-corrected chi connectivity index (χ0v) is 15.4. The minimum absolute atomic E-state index is 0.523. The Morgan fingerprint density at radius 2 is 1.61 bits per heavy atom. The molecule has 0 aliphatic carbocycles. The van der Waals surface area contributed by atoms with E-state index >= 15 is 0 Å². The van der Waals surface area contributed by atoms with Gasteiger partial charge in [0.05, 0.1) is 16.6 Å². The van der Waals surface area contributed by atoms with Crippen molar-refractivity contribution in [1.29, 1.82) is 5.26 Å². The number of allylic oxidation sites excluding steroid dienone is 1. The topological polar surface area (TPSA) is 52.5 Å². The molecule has 3 nitrogen and oxygen atoms in total. The van der Waals surface area contributed by atoms with Crippen molar-refractivity contribution in [2.24, 2.45) is 0 Å². The van der Waals surface area contributed by atoms with Crippen molar-refractivity contribution in [3.8, 4) is 6.07 Å². The molecule has 0 saturated heterocycles. The van der Waals surface area contributed by atoms with Crippen molar-refractivity contribution in [2.45, 2.75) is 6.92 Å². The number of benzene rings is 4. The number of nitrogens with one attached hydrogen (secondary N) is 1. The van der Waals surface area contributed by atoms with E-state index in [1.54, 1.807) is 0 Å². The number of fused-ring (bicyclic) bond motifs is 3. The van der Waals surface area contributed by atoms with Crippen LogP contribution in [0, 0.1) is 18.3 Å². The minimum Gasteiger partial charge on any atom is -0.337 e. The van der Waals surface area contributed by atoms with E-state index < -0.39 is 0 Å². The van der Waals surface area contributed by atoms with Crippen LogP contribution in [0.3, 0.4) is 0 Å². The molecule has 0 spiro atoms. The molecule has 0 bridgehead atoms. The monoisotopic (exact) mass is 359 g/mol. The molecule has 5 aromatic rings. The second-order valence-corrected chi connectivity index (χ2v) is 7.01. The van der Waals surface area contributed by atoms with Gasteiger partial charge in [-0.25, -0.2) is 4.98 Å². The Balaban J connectivity index is 1.79. The van der Waals surface area contributed by atoms with Crippen LogP contribution in [0.2, 0.25) is 0 Å². The number of aromatic amines is 1. The van der Waals surface area contributed by atoms with Gasteiger partial charge in [-0.1, -0.05) is 54.6 Å². The third-order valence-electron chi connectivity index (χ3n) is 5.11. The van der Waals surface area contributed by atoms with Crippen molar-refractivity contribution in [3.05, 3.63) is 89.7 Å². The summed E-state index contributed by atoms with van der Waals surface area (Å²) < 4.78 is 0. The van der Waals surface area contributed by atoms with Gasteiger partial charge in [0.25, 0.3) is 0 Å². The van der Waals surface area contributed by atoms with Crippen molar-refractivity contribution >= 4 is 44.2 Å². The summed E-state index contributed by atoms with van der Waals surface area (Å²) in [4.78, 5) is 7.94. The van der Waals surface area contributed by atoms with Gasteiger partial charge in [-0.05, 0) is 63.9 Å². The molecule has 132 valence electrons. The lowest BCUT2D eigenvalue weighted by Gasteiger charge is -2.08. The lowest BCUT2D eigenvalue weighted by Crippen LogP contribution is -1.88. The number of hydrogen-bond donors (Lipinski definition) is 1. The fraction of sp³-hybridized carbons (Fsp3) is 0.0400. The van der Waals surface area contributed by atoms with E-state index in [0.717, 1.165) is 43.7 Å². The molecule has 5 rings (SSSR count). The van der Waals surface area contributed by atoms with Crippen LogP contribution in [-0.2, 0) is 0 Å². The van der Waals surface area contributed by atoms with Crippen LogP contribution in [-0.4, -0.2) is 9.97 Å². The Morgan fingerprint density at radius 3 is 2.29 bits per heavy atom. The number of nitrogens with zero attached hydrogens (tertiary/aromatic N) is 2. The van der Waals surface area contributed by atoms with Gasteiger partial charge in [0, 0.05) is 0 Å². The summed E-state index contributed by atoms with van der Waals surface area (Å²) in [6.07, 6.45) is 1.95. The number of aryl methyl sites for hydroxylation is 1. The third-order valence-corrected chi connectivity index (χ3v) is 5.11. The summed E-state index contributed by atoms with van der Waals surface area (Å²) >= 11 is 0. The number of aromatic nitrogens is 2. The Labute approximate surface area is 162 Å². The minimum atomic E-state index is 0.523. The molecular weight excluding hydrogens is 342 g/mol. The second kappa shape index (κ2) is 6.37. The first-order valence-electron chi connectivity index (χ1n) is 9.22. The maximum atomic E-state index is 9.89.